The van der Waals surface area contributed by atoms with Crippen LogP contribution in [-0.2, 0) is 7.05 Å². The molecule has 0 N–H and O–H groups in total. The molecule has 0 aliphatic carbocycles. The van der Waals surface area contributed by atoms with E-state index in [1.165, 1.54) is 23.1 Å². The fourth-order valence-electron chi connectivity index (χ4n) is 1.09. The van der Waals surface area contributed by atoms with E-state index in [2.05, 4.69) is 26.1 Å². The molecule has 84 valence electrons. The second-order valence-electron chi connectivity index (χ2n) is 3.03. The molecule has 0 aliphatic heterocycles. The van der Waals surface area contributed by atoms with Gasteiger partial charge in [0.05, 0.1) is 10.6 Å². The Morgan fingerprint density at radius 1 is 1.69 bits per heavy atom. The summed E-state index contributed by atoms with van der Waals surface area (Å²) in [6, 6.07) is 1.88. The molecule has 7 heteroatoms. The van der Waals surface area contributed by atoms with Crippen LogP contribution >= 0.6 is 39.0 Å². The van der Waals surface area contributed by atoms with Gasteiger partial charge in [-0.1, -0.05) is 11.8 Å². The molecule has 0 radical (unpaired) electrons. The Kier molecular flexibility index (Phi) is 3.78. The van der Waals surface area contributed by atoms with E-state index in [4.69, 9.17) is 0 Å². The highest BCUT2D eigenvalue weighted by Crippen LogP contribution is 2.25. The molecule has 2 heterocycles. The Balaban J connectivity index is 1.99. The number of rotatable bonds is 4. The molecule has 0 amide bonds. The molecule has 0 aromatic carbocycles. The molecule has 0 spiro atoms. The lowest BCUT2D eigenvalue weighted by atomic mass is 10.3. The zero-order chi connectivity index (χ0) is 11.5. The minimum atomic E-state index is 0.106. The van der Waals surface area contributed by atoms with E-state index >= 15 is 0 Å². The summed E-state index contributed by atoms with van der Waals surface area (Å²) in [7, 11) is 1.86. The maximum absolute atomic E-state index is 11.8. The molecule has 4 nitrogen and oxygen atoms in total. The van der Waals surface area contributed by atoms with Gasteiger partial charge in [0.1, 0.15) is 6.33 Å². The molecule has 0 saturated carbocycles. The summed E-state index contributed by atoms with van der Waals surface area (Å²) in [5.41, 5.74) is 0. The summed E-state index contributed by atoms with van der Waals surface area (Å²) < 4.78 is 2.66. The smallest absolute Gasteiger partial charge is 0.191 e. The van der Waals surface area contributed by atoms with Crippen molar-refractivity contribution in [1.82, 2.24) is 14.8 Å². The number of carbonyl (C=O) groups excluding carboxylic acids is 1. The topological polar surface area (TPSA) is 47.8 Å². The quantitative estimate of drug-likeness (QED) is 0.642. The third-order valence-corrected chi connectivity index (χ3v) is 4.79. The van der Waals surface area contributed by atoms with Gasteiger partial charge in [0, 0.05) is 11.5 Å². The molecule has 0 unspecified atom stereocenters. The summed E-state index contributed by atoms with van der Waals surface area (Å²) in [5.74, 6) is 0.487. The van der Waals surface area contributed by atoms with E-state index in [0.717, 1.165) is 14.5 Å². The molecule has 0 aliphatic rings. The number of aromatic nitrogens is 3. The van der Waals surface area contributed by atoms with Crippen molar-refractivity contribution < 1.29 is 4.79 Å². The van der Waals surface area contributed by atoms with Gasteiger partial charge in [0.25, 0.3) is 0 Å². The van der Waals surface area contributed by atoms with Gasteiger partial charge in [0.2, 0.25) is 0 Å². The summed E-state index contributed by atoms with van der Waals surface area (Å²) >= 11 is 6.19. The lowest BCUT2D eigenvalue weighted by Crippen LogP contribution is -2.02. The van der Waals surface area contributed by atoms with Crippen LogP contribution in [-0.4, -0.2) is 26.3 Å². The largest absolute Gasteiger partial charge is 0.312 e. The monoisotopic (exact) mass is 317 g/mol. The fourth-order valence-corrected chi connectivity index (χ4v) is 3.48. The van der Waals surface area contributed by atoms with Crippen LogP contribution in [0.2, 0.25) is 0 Å². The van der Waals surface area contributed by atoms with Gasteiger partial charge in [0.15, 0.2) is 10.9 Å². The van der Waals surface area contributed by atoms with E-state index in [1.54, 1.807) is 10.9 Å². The molecule has 16 heavy (non-hydrogen) atoms. The summed E-state index contributed by atoms with van der Waals surface area (Å²) in [6.07, 6.45) is 1.62. The van der Waals surface area contributed by atoms with E-state index < -0.39 is 0 Å². The van der Waals surface area contributed by atoms with E-state index in [9.17, 15) is 4.79 Å². The number of Topliss-reactive ketones (excluding diaryl/α,β-unsaturated/α-hetero) is 1. The van der Waals surface area contributed by atoms with Crippen LogP contribution in [0.15, 0.2) is 27.4 Å². The van der Waals surface area contributed by atoms with Crippen LogP contribution in [0.3, 0.4) is 0 Å². The number of aryl methyl sites for hydroxylation is 1. The van der Waals surface area contributed by atoms with Crippen molar-refractivity contribution in [3.8, 4) is 0 Å². The van der Waals surface area contributed by atoms with Gasteiger partial charge in [-0.3, -0.25) is 4.79 Å². The molecular weight excluding hydrogens is 310 g/mol. The zero-order valence-electron chi connectivity index (χ0n) is 8.38. The predicted octanol–water partition coefficient (Wildman–Crippen LogP) is 2.61. The Labute approximate surface area is 109 Å². The van der Waals surface area contributed by atoms with Crippen molar-refractivity contribution in [2.75, 3.05) is 5.75 Å². The van der Waals surface area contributed by atoms with Gasteiger partial charge in [-0.25, -0.2) is 0 Å². The van der Waals surface area contributed by atoms with Crippen molar-refractivity contribution in [2.24, 2.45) is 7.05 Å². The van der Waals surface area contributed by atoms with Crippen LogP contribution in [0, 0.1) is 0 Å². The third-order valence-electron chi connectivity index (χ3n) is 1.87. The van der Waals surface area contributed by atoms with Crippen LogP contribution in [0.25, 0.3) is 0 Å². The SMILES string of the molecule is Cn1cnnc1SCC(=O)c1sccc1Br. The van der Waals surface area contributed by atoms with Crippen LogP contribution < -0.4 is 0 Å². The molecule has 0 atom stereocenters. The number of nitrogens with zero attached hydrogens (tertiary/aromatic N) is 3. The summed E-state index contributed by atoms with van der Waals surface area (Å²) in [5, 5.41) is 10.3. The first-order chi connectivity index (χ1) is 7.68. The van der Waals surface area contributed by atoms with Crippen molar-refractivity contribution in [3.05, 3.63) is 27.1 Å². The van der Waals surface area contributed by atoms with Gasteiger partial charge in [-0.2, -0.15) is 0 Å². The van der Waals surface area contributed by atoms with Crippen molar-refractivity contribution >= 4 is 44.8 Å². The summed E-state index contributed by atoms with van der Waals surface area (Å²) in [6.45, 7) is 0. The average molecular weight is 318 g/mol. The van der Waals surface area contributed by atoms with Crippen LogP contribution in [0.5, 0.6) is 0 Å². The number of halogens is 1. The maximum atomic E-state index is 11.8. The maximum Gasteiger partial charge on any atom is 0.191 e. The Morgan fingerprint density at radius 2 is 2.50 bits per heavy atom. The third kappa shape index (κ3) is 2.53. The number of thioether (sulfide) groups is 1. The average Bonchev–Trinajstić information content (AvgIpc) is 2.84. The highest BCUT2D eigenvalue weighted by atomic mass is 79.9. The fraction of sp³-hybridized carbons (Fsp3) is 0.222. The first-order valence-corrected chi connectivity index (χ1v) is 7.07. The molecule has 2 aromatic rings. The predicted molar refractivity (Wildman–Crippen MR) is 68.1 cm³/mol. The van der Waals surface area contributed by atoms with Crippen molar-refractivity contribution in [1.29, 1.82) is 0 Å². The molecule has 0 bridgehead atoms. The molecule has 2 aromatic heterocycles. The van der Waals surface area contributed by atoms with Crippen LogP contribution in [0.4, 0.5) is 0 Å². The highest BCUT2D eigenvalue weighted by molar-refractivity contribution is 9.10. The first-order valence-electron chi connectivity index (χ1n) is 4.41. The Bertz CT molecular complexity index is 508. The molecular formula is C9H8BrN3OS2. The molecule has 0 fully saturated rings. The summed E-state index contributed by atoms with van der Waals surface area (Å²) in [4.78, 5) is 12.6. The minimum Gasteiger partial charge on any atom is -0.312 e. The minimum absolute atomic E-state index is 0.106. The second-order valence-corrected chi connectivity index (χ2v) is 5.75. The van der Waals surface area contributed by atoms with Crippen LogP contribution in [0.1, 0.15) is 9.67 Å². The van der Waals surface area contributed by atoms with Gasteiger partial charge in [-0.05, 0) is 27.4 Å². The first kappa shape index (κ1) is 11.8. The van der Waals surface area contributed by atoms with E-state index in [-0.39, 0.29) is 5.78 Å². The highest BCUT2D eigenvalue weighted by Gasteiger charge is 2.13. The number of ketones is 1. The van der Waals surface area contributed by atoms with Gasteiger partial charge >= 0.3 is 0 Å². The standard InChI is InChI=1S/C9H8BrN3OS2/c1-13-5-11-12-9(13)16-4-7(14)8-6(10)2-3-15-8/h2-3,5H,4H2,1H3. The number of thiophene rings is 1. The van der Waals surface area contributed by atoms with Gasteiger partial charge < -0.3 is 4.57 Å². The Hall–Kier alpha value is -0.660. The van der Waals surface area contributed by atoms with E-state index in [1.807, 2.05) is 18.5 Å². The second kappa shape index (κ2) is 5.11. The number of hydrogen-bond acceptors (Lipinski definition) is 5. The zero-order valence-corrected chi connectivity index (χ0v) is 11.6. The normalized spacial score (nSPS) is 10.6. The lowest BCUT2D eigenvalue weighted by molar-refractivity contribution is 0.102. The number of carbonyl (C=O) groups is 1. The molecule has 2 rings (SSSR count). The van der Waals surface area contributed by atoms with Crippen molar-refractivity contribution in [3.63, 3.8) is 0 Å². The number of hydrogen-bond donors (Lipinski definition) is 0. The van der Waals surface area contributed by atoms with E-state index in [0.29, 0.717) is 5.75 Å². The Morgan fingerprint density at radius 3 is 3.06 bits per heavy atom. The van der Waals surface area contributed by atoms with Crippen molar-refractivity contribution in [2.45, 2.75) is 5.16 Å². The van der Waals surface area contributed by atoms with Gasteiger partial charge in [-0.15, -0.1) is 21.5 Å². The molecule has 0 saturated heterocycles. The lowest BCUT2D eigenvalue weighted by Gasteiger charge is -1.99.